The summed E-state index contributed by atoms with van der Waals surface area (Å²) in [6, 6.07) is 1.12. The van der Waals surface area contributed by atoms with E-state index in [-0.39, 0.29) is 6.10 Å². The summed E-state index contributed by atoms with van der Waals surface area (Å²) in [5.41, 5.74) is 0. The van der Waals surface area contributed by atoms with Gasteiger partial charge in [0.05, 0.1) is 6.10 Å². The summed E-state index contributed by atoms with van der Waals surface area (Å²) in [5.74, 6) is 0. The minimum absolute atomic E-state index is 0.130. The Morgan fingerprint density at radius 3 is 2.88 bits per heavy atom. The number of β-amino-alcohol motifs (C(OH)–C–C–N with tert-alkyl or cyclic N) is 1. The van der Waals surface area contributed by atoms with Gasteiger partial charge in [0, 0.05) is 31.7 Å². The number of likely N-dealkylation sites (N-methyl/N-ethyl adjacent to an activating group) is 1. The molecule has 4 heteroatoms. The molecule has 0 aromatic carbocycles. The second kappa shape index (κ2) is 5.45. The molecule has 0 amide bonds. The topological polar surface area (TPSA) is 38.7 Å². The molecule has 3 unspecified atom stereocenters. The van der Waals surface area contributed by atoms with E-state index in [9.17, 15) is 5.11 Å². The number of hydrogen-bond donors (Lipinski definition) is 2. The summed E-state index contributed by atoms with van der Waals surface area (Å²) in [6.07, 6.45) is 2.05. The summed E-state index contributed by atoms with van der Waals surface area (Å²) < 4.78 is 0. The van der Waals surface area contributed by atoms with Crippen LogP contribution in [-0.4, -0.2) is 72.9 Å². The standard InChI is InChI=1S/C12H25N3O/c1-10-8-14(2)4-3-5-15(10)9-11-6-12(16)7-13-11/h10-13,16H,3-9H2,1-2H3. The Hall–Kier alpha value is -0.160. The van der Waals surface area contributed by atoms with E-state index >= 15 is 0 Å². The number of nitrogens with zero attached hydrogens (tertiary/aromatic N) is 2. The maximum atomic E-state index is 9.50. The van der Waals surface area contributed by atoms with Gasteiger partial charge in [-0.15, -0.1) is 0 Å². The molecule has 3 atom stereocenters. The molecule has 0 saturated carbocycles. The van der Waals surface area contributed by atoms with Crippen LogP contribution in [0.2, 0.25) is 0 Å². The molecule has 2 heterocycles. The van der Waals surface area contributed by atoms with E-state index in [1.165, 1.54) is 19.5 Å². The van der Waals surface area contributed by atoms with Gasteiger partial charge >= 0.3 is 0 Å². The second-order valence-electron chi connectivity index (χ2n) is 5.45. The third kappa shape index (κ3) is 3.17. The van der Waals surface area contributed by atoms with Crippen molar-refractivity contribution in [3.63, 3.8) is 0 Å². The fraction of sp³-hybridized carbons (Fsp3) is 1.00. The number of aliphatic hydroxyl groups excluding tert-OH is 1. The Morgan fingerprint density at radius 2 is 2.19 bits per heavy atom. The number of hydrogen-bond acceptors (Lipinski definition) is 4. The first-order valence-corrected chi connectivity index (χ1v) is 6.49. The van der Waals surface area contributed by atoms with Crippen LogP contribution in [0.15, 0.2) is 0 Å². The minimum Gasteiger partial charge on any atom is -0.392 e. The van der Waals surface area contributed by atoms with E-state index < -0.39 is 0 Å². The quantitative estimate of drug-likeness (QED) is 0.681. The molecular weight excluding hydrogens is 202 g/mol. The first-order chi connectivity index (χ1) is 7.65. The lowest BCUT2D eigenvalue weighted by Gasteiger charge is -2.30. The highest BCUT2D eigenvalue weighted by Crippen LogP contribution is 2.13. The molecular formula is C12H25N3O. The van der Waals surface area contributed by atoms with Gasteiger partial charge in [0.1, 0.15) is 0 Å². The lowest BCUT2D eigenvalue weighted by Crippen LogP contribution is -2.44. The van der Waals surface area contributed by atoms with Crippen molar-refractivity contribution < 1.29 is 5.11 Å². The van der Waals surface area contributed by atoms with Crippen molar-refractivity contribution in [1.29, 1.82) is 0 Å². The molecule has 0 bridgehead atoms. The van der Waals surface area contributed by atoms with Crippen LogP contribution in [0.25, 0.3) is 0 Å². The van der Waals surface area contributed by atoms with Crippen molar-refractivity contribution in [2.75, 3.05) is 39.8 Å². The summed E-state index contributed by atoms with van der Waals surface area (Å²) in [6.45, 7) is 7.74. The van der Waals surface area contributed by atoms with Gasteiger partial charge in [0.15, 0.2) is 0 Å². The maximum absolute atomic E-state index is 9.50. The van der Waals surface area contributed by atoms with Crippen molar-refractivity contribution in [1.82, 2.24) is 15.1 Å². The molecule has 0 aromatic rings. The van der Waals surface area contributed by atoms with Gasteiger partial charge in [0.2, 0.25) is 0 Å². The molecule has 2 aliphatic heterocycles. The zero-order chi connectivity index (χ0) is 11.5. The van der Waals surface area contributed by atoms with Crippen molar-refractivity contribution in [2.45, 2.75) is 38.0 Å². The fourth-order valence-electron chi connectivity index (χ4n) is 2.91. The normalized spacial score (nSPS) is 38.8. The van der Waals surface area contributed by atoms with Crippen LogP contribution in [0.1, 0.15) is 19.8 Å². The third-order valence-electron chi connectivity index (χ3n) is 3.84. The maximum Gasteiger partial charge on any atom is 0.0680 e. The van der Waals surface area contributed by atoms with Crippen molar-refractivity contribution in [3.05, 3.63) is 0 Å². The molecule has 4 nitrogen and oxygen atoms in total. The van der Waals surface area contributed by atoms with Crippen LogP contribution in [-0.2, 0) is 0 Å². The Labute approximate surface area is 98.6 Å². The Morgan fingerprint density at radius 1 is 1.38 bits per heavy atom. The average molecular weight is 227 g/mol. The van der Waals surface area contributed by atoms with Crippen LogP contribution in [0.3, 0.4) is 0 Å². The predicted octanol–water partition coefficient (Wildman–Crippen LogP) is -0.265. The predicted molar refractivity (Wildman–Crippen MR) is 65.6 cm³/mol. The van der Waals surface area contributed by atoms with Gasteiger partial charge in [0.25, 0.3) is 0 Å². The summed E-state index contributed by atoms with van der Waals surface area (Å²) in [4.78, 5) is 4.99. The van der Waals surface area contributed by atoms with Gasteiger partial charge in [-0.3, -0.25) is 4.90 Å². The van der Waals surface area contributed by atoms with Crippen LogP contribution >= 0.6 is 0 Å². The molecule has 2 saturated heterocycles. The highest BCUT2D eigenvalue weighted by molar-refractivity contribution is 4.86. The lowest BCUT2D eigenvalue weighted by molar-refractivity contribution is 0.170. The zero-order valence-electron chi connectivity index (χ0n) is 10.5. The van der Waals surface area contributed by atoms with Gasteiger partial charge < -0.3 is 15.3 Å². The lowest BCUT2D eigenvalue weighted by atomic mass is 10.1. The van der Waals surface area contributed by atoms with Crippen LogP contribution in [0.4, 0.5) is 0 Å². The van der Waals surface area contributed by atoms with E-state index in [0.29, 0.717) is 12.1 Å². The van der Waals surface area contributed by atoms with E-state index in [2.05, 4.69) is 29.1 Å². The van der Waals surface area contributed by atoms with E-state index in [0.717, 1.165) is 26.1 Å². The summed E-state index contributed by atoms with van der Waals surface area (Å²) in [5, 5.41) is 12.9. The van der Waals surface area contributed by atoms with E-state index in [4.69, 9.17) is 0 Å². The van der Waals surface area contributed by atoms with Gasteiger partial charge in [-0.05, 0) is 39.9 Å². The van der Waals surface area contributed by atoms with Crippen LogP contribution < -0.4 is 5.32 Å². The number of aliphatic hydroxyl groups is 1. The molecule has 2 N–H and O–H groups in total. The molecule has 2 rings (SSSR count). The molecule has 0 radical (unpaired) electrons. The van der Waals surface area contributed by atoms with E-state index in [1.807, 2.05) is 0 Å². The zero-order valence-corrected chi connectivity index (χ0v) is 10.5. The summed E-state index contributed by atoms with van der Waals surface area (Å²) in [7, 11) is 2.21. The number of rotatable bonds is 2. The molecule has 0 aliphatic carbocycles. The van der Waals surface area contributed by atoms with Gasteiger partial charge in [-0.2, -0.15) is 0 Å². The Bertz CT molecular complexity index is 224. The fourth-order valence-corrected chi connectivity index (χ4v) is 2.91. The highest BCUT2D eigenvalue weighted by Gasteiger charge is 2.27. The first kappa shape index (κ1) is 12.3. The van der Waals surface area contributed by atoms with Crippen LogP contribution in [0, 0.1) is 0 Å². The first-order valence-electron chi connectivity index (χ1n) is 6.49. The molecule has 94 valence electrons. The largest absolute Gasteiger partial charge is 0.392 e. The van der Waals surface area contributed by atoms with Crippen molar-refractivity contribution >= 4 is 0 Å². The Kier molecular flexibility index (Phi) is 4.19. The third-order valence-corrected chi connectivity index (χ3v) is 3.84. The van der Waals surface area contributed by atoms with Crippen LogP contribution in [0.5, 0.6) is 0 Å². The highest BCUT2D eigenvalue weighted by atomic mass is 16.3. The number of nitrogens with one attached hydrogen (secondary N) is 1. The molecule has 0 spiro atoms. The molecule has 0 aromatic heterocycles. The monoisotopic (exact) mass is 227 g/mol. The molecule has 16 heavy (non-hydrogen) atoms. The minimum atomic E-state index is -0.130. The molecule has 2 fully saturated rings. The van der Waals surface area contributed by atoms with E-state index in [1.54, 1.807) is 0 Å². The van der Waals surface area contributed by atoms with Crippen molar-refractivity contribution in [2.24, 2.45) is 0 Å². The smallest absolute Gasteiger partial charge is 0.0680 e. The average Bonchev–Trinajstić information content (AvgIpc) is 2.55. The molecule has 2 aliphatic rings. The van der Waals surface area contributed by atoms with Crippen molar-refractivity contribution in [3.8, 4) is 0 Å². The SMILES string of the molecule is CC1CN(C)CCCN1CC1CC(O)CN1. The summed E-state index contributed by atoms with van der Waals surface area (Å²) >= 11 is 0. The van der Waals surface area contributed by atoms with Gasteiger partial charge in [-0.25, -0.2) is 0 Å². The van der Waals surface area contributed by atoms with Gasteiger partial charge in [-0.1, -0.05) is 0 Å². The Balaban J connectivity index is 1.83. The second-order valence-corrected chi connectivity index (χ2v) is 5.45.